The van der Waals surface area contributed by atoms with E-state index in [2.05, 4.69) is 10.3 Å². The summed E-state index contributed by atoms with van der Waals surface area (Å²) in [6.45, 7) is 0.398. The van der Waals surface area contributed by atoms with Crippen LogP contribution in [0.5, 0.6) is 5.88 Å². The van der Waals surface area contributed by atoms with Crippen LogP contribution in [-0.4, -0.2) is 23.5 Å². The number of nitrogens with zero attached hydrogens (tertiary/aromatic N) is 1. The molecular weight excluding hydrogens is 242 g/mol. The van der Waals surface area contributed by atoms with Crippen molar-refractivity contribution in [2.45, 2.75) is 44.2 Å². The zero-order chi connectivity index (χ0) is 13.7. The zero-order valence-corrected chi connectivity index (χ0v) is 11.3. The second kappa shape index (κ2) is 6.02. The van der Waals surface area contributed by atoms with Gasteiger partial charge in [0, 0.05) is 18.3 Å². The monoisotopic (exact) mass is 263 g/mol. The van der Waals surface area contributed by atoms with Gasteiger partial charge < -0.3 is 15.8 Å². The molecule has 1 amide bonds. The summed E-state index contributed by atoms with van der Waals surface area (Å²) in [5.74, 6) is 0.468. The van der Waals surface area contributed by atoms with Gasteiger partial charge in [0.2, 0.25) is 11.8 Å². The maximum Gasteiger partial charge on any atom is 0.240 e. The second-order valence-electron chi connectivity index (χ2n) is 5.07. The first-order valence-electron chi connectivity index (χ1n) is 6.71. The molecule has 1 aromatic rings. The largest absolute Gasteiger partial charge is 0.481 e. The van der Waals surface area contributed by atoms with Gasteiger partial charge in [-0.2, -0.15) is 0 Å². The van der Waals surface area contributed by atoms with Crippen molar-refractivity contribution in [1.29, 1.82) is 0 Å². The van der Waals surface area contributed by atoms with Crippen molar-refractivity contribution in [3.8, 4) is 5.88 Å². The number of hydrogen-bond acceptors (Lipinski definition) is 4. The fourth-order valence-electron chi connectivity index (χ4n) is 2.50. The molecule has 5 nitrogen and oxygen atoms in total. The number of nitrogens with one attached hydrogen (secondary N) is 1. The van der Waals surface area contributed by atoms with Gasteiger partial charge in [-0.25, -0.2) is 4.98 Å². The van der Waals surface area contributed by atoms with Crippen LogP contribution in [0.2, 0.25) is 0 Å². The third-order valence-electron chi connectivity index (χ3n) is 3.68. The number of ether oxygens (including phenoxy) is 1. The number of aromatic nitrogens is 1. The van der Waals surface area contributed by atoms with Crippen molar-refractivity contribution in [3.05, 3.63) is 23.9 Å². The van der Waals surface area contributed by atoms with Crippen LogP contribution in [0, 0.1) is 0 Å². The lowest BCUT2D eigenvalue weighted by Crippen LogP contribution is -2.54. The van der Waals surface area contributed by atoms with Gasteiger partial charge >= 0.3 is 0 Å². The molecular formula is C14H21N3O2. The molecule has 0 aromatic carbocycles. The lowest BCUT2D eigenvalue weighted by molar-refractivity contribution is -0.127. The predicted octanol–water partition coefficient (Wildman–Crippen LogP) is 1.37. The van der Waals surface area contributed by atoms with Gasteiger partial charge in [0.25, 0.3) is 0 Å². The van der Waals surface area contributed by atoms with E-state index in [0.717, 1.165) is 31.2 Å². The lowest BCUT2D eigenvalue weighted by Gasteiger charge is -2.31. The van der Waals surface area contributed by atoms with Crippen LogP contribution in [0.25, 0.3) is 0 Å². The second-order valence-corrected chi connectivity index (χ2v) is 5.07. The summed E-state index contributed by atoms with van der Waals surface area (Å²) >= 11 is 0. The molecule has 0 saturated heterocycles. The number of carbonyl (C=O) groups excluding carboxylic acids is 1. The molecule has 1 saturated carbocycles. The number of carbonyl (C=O) groups is 1. The van der Waals surface area contributed by atoms with Crippen molar-refractivity contribution in [3.63, 3.8) is 0 Å². The topological polar surface area (TPSA) is 77.2 Å². The Balaban J connectivity index is 1.96. The molecule has 2 rings (SSSR count). The Hall–Kier alpha value is -1.62. The minimum Gasteiger partial charge on any atom is -0.481 e. The Morgan fingerprint density at radius 3 is 2.89 bits per heavy atom. The summed E-state index contributed by atoms with van der Waals surface area (Å²) in [6.07, 6.45) is 6.42. The molecule has 1 aromatic heterocycles. The van der Waals surface area contributed by atoms with E-state index in [0.29, 0.717) is 12.4 Å². The highest BCUT2D eigenvalue weighted by Gasteiger charge is 2.34. The Morgan fingerprint density at radius 1 is 1.47 bits per heavy atom. The van der Waals surface area contributed by atoms with Gasteiger partial charge in [0.05, 0.1) is 12.6 Å². The first-order chi connectivity index (χ1) is 9.15. The molecule has 104 valence electrons. The standard InChI is InChI=1S/C14H21N3O2/c1-19-12-11(6-5-9-16-12)10-17-13(18)14(15)7-3-2-4-8-14/h5-6,9H,2-4,7-8,10,15H2,1H3,(H,17,18). The Kier molecular flexibility index (Phi) is 4.37. The average Bonchev–Trinajstić information content (AvgIpc) is 2.45. The Morgan fingerprint density at radius 2 is 2.21 bits per heavy atom. The normalized spacial score (nSPS) is 17.8. The first-order valence-corrected chi connectivity index (χ1v) is 6.71. The highest BCUT2D eigenvalue weighted by atomic mass is 16.5. The van der Waals surface area contributed by atoms with Crippen LogP contribution >= 0.6 is 0 Å². The molecule has 0 atom stereocenters. The summed E-state index contributed by atoms with van der Waals surface area (Å²) in [5.41, 5.74) is 6.34. The SMILES string of the molecule is COc1ncccc1CNC(=O)C1(N)CCCCC1. The summed E-state index contributed by atoms with van der Waals surface area (Å²) in [4.78, 5) is 16.3. The summed E-state index contributed by atoms with van der Waals surface area (Å²) < 4.78 is 5.15. The van der Waals surface area contributed by atoms with E-state index in [1.54, 1.807) is 13.3 Å². The van der Waals surface area contributed by atoms with Crippen molar-refractivity contribution in [2.75, 3.05) is 7.11 Å². The van der Waals surface area contributed by atoms with E-state index in [1.165, 1.54) is 6.42 Å². The van der Waals surface area contributed by atoms with Crippen molar-refractivity contribution >= 4 is 5.91 Å². The number of hydrogen-bond donors (Lipinski definition) is 2. The zero-order valence-electron chi connectivity index (χ0n) is 11.3. The van der Waals surface area contributed by atoms with E-state index in [1.807, 2.05) is 12.1 Å². The smallest absolute Gasteiger partial charge is 0.240 e. The fraction of sp³-hybridized carbons (Fsp3) is 0.571. The van der Waals surface area contributed by atoms with E-state index in [-0.39, 0.29) is 5.91 Å². The molecule has 0 unspecified atom stereocenters. The molecule has 0 radical (unpaired) electrons. The molecule has 0 bridgehead atoms. The third kappa shape index (κ3) is 3.23. The molecule has 1 fully saturated rings. The molecule has 1 aliphatic rings. The van der Waals surface area contributed by atoms with Crippen molar-refractivity contribution in [1.82, 2.24) is 10.3 Å². The van der Waals surface area contributed by atoms with Gasteiger partial charge in [0.1, 0.15) is 0 Å². The fourth-order valence-corrected chi connectivity index (χ4v) is 2.50. The van der Waals surface area contributed by atoms with Gasteiger partial charge in [-0.05, 0) is 18.9 Å². The summed E-state index contributed by atoms with van der Waals surface area (Å²) in [7, 11) is 1.57. The number of methoxy groups -OCH3 is 1. The van der Waals surface area contributed by atoms with Crippen LogP contribution < -0.4 is 15.8 Å². The number of pyridine rings is 1. The predicted molar refractivity (Wildman–Crippen MR) is 72.6 cm³/mol. The van der Waals surface area contributed by atoms with Crippen molar-refractivity contribution < 1.29 is 9.53 Å². The first kappa shape index (κ1) is 13.8. The van der Waals surface area contributed by atoms with Gasteiger partial charge in [-0.3, -0.25) is 4.79 Å². The molecule has 5 heteroatoms. The minimum atomic E-state index is -0.701. The quantitative estimate of drug-likeness (QED) is 0.860. The van der Waals surface area contributed by atoms with Crippen LogP contribution in [0.15, 0.2) is 18.3 Å². The summed E-state index contributed by atoms with van der Waals surface area (Å²) in [5, 5.41) is 2.90. The van der Waals surface area contributed by atoms with Gasteiger partial charge in [-0.1, -0.05) is 25.3 Å². The molecule has 0 aliphatic heterocycles. The van der Waals surface area contributed by atoms with Crippen LogP contribution in [-0.2, 0) is 11.3 Å². The van der Waals surface area contributed by atoms with Crippen molar-refractivity contribution in [2.24, 2.45) is 5.73 Å². The number of nitrogens with two attached hydrogens (primary N) is 1. The molecule has 19 heavy (non-hydrogen) atoms. The highest BCUT2D eigenvalue weighted by Crippen LogP contribution is 2.26. The summed E-state index contributed by atoms with van der Waals surface area (Å²) in [6, 6.07) is 3.71. The molecule has 3 N–H and O–H groups in total. The number of amides is 1. The van der Waals surface area contributed by atoms with Crippen LogP contribution in [0.3, 0.4) is 0 Å². The van der Waals surface area contributed by atoms with Crippen LogP contribution in [0.1, 0.15) is 37.7 Å². The van der Waals surface area contributed by atoms with E-state index >= 15 is 0 Å². The van der Waals surface area contributed by atoms with E-state index in [4.69, 9.17) is 10.5 Å². The average molecular weight is 263 g/mol. The lowest BCUT2D eigenvalue weighted by atomic mass is 9.82. The minimum absolute atomic E-state index is 0.0712. The van der Waals surface area contributed by atoms with Crippen LogP contribution in [0.4, 0.5) is 0 Å². The maximum atomic E-state index is 12.2. The van der Waals surface area contributed by atoms with Gasteiger partial charge in [-0.15, -0.1) is 0 Å². The Bertz CT molecular complexity index is 442. The molecule has 0 spiro atoms. The molecule has 1 heterocycles. The van der Waals surface area contributed by atoms with E-state index in [9.17, 15) is 4.79 Å². The van der Waals surface area contributed by atoms with E-state index < -0.39 is 5.54 Å². The molecule has 1 aliphatic carbocycles. The number of rotatable bonds is 4. The Labute approximate surface area is 113 Å². The van der Waals surface area contributed by atoms with Gasteiger partial charge in [0.15, 0.2) is 0 Å². The highest BCUT2D eigenvalue weighted by molar-refractivity contribution is 5.86. The maximum absolute atomic E-state index is 12.2. The third-order valence-corrected chi connectivity index (χ3v) is 3.68.